The van der Waals surface area contributed by atoms with Gasteiger partial charge in [0, 0.05) is 55.0 Å². The number of nitrogens with zero attached hydrogens (tertiary/aromatic N) is 3. The van der Waals surface area contributed by atoms with Gasteiger partial charge in [0.1, 0.15) is 5.75 Å². The first-order valence-electron chi connectivity index (χ1n) is 11.4. The molecule has 0 aliphatic rings. The Morgan fingerprint density at radius 3 is 2.51 bits per heavy atom. The zero-order valence-electron chi connectivity index (χ0n) is 20.9. The number of hydrogen-bond donors (Lipinski definition) is 0. The van der Waals surface area contributed by atoms with Crippen molar-refractivity contribution in [2.75, 3.05) is 39.3 Å². The molecule has 0 fully saturated rings. The SMILES string of the molecule is C=C(c1ccccc1OCC(C)(C)COC)c1nc2sccn2c(=O)c1-c1ccc(N(C)C)cc1. The Morgan fingerprint density at radius 2 is 1.83 bits per heavy atom. The van der Waals surface area contributed by atoms with E-state index in [2.05, 4.69) is 20.4 Å². The highest BCUT2D eigenvalue weighted by atomic mass is 32.1. The lowest BCUT2D eigenvalue weighted by atomic mass is 9.95. The van der Waals surface area contributed by atoms with Crippen molar-refractivity contribution in [1.29, 1.82) is 0 Å². The molecule has 2 heterocycles. The molecule has 0 spiro atoms. The van der Waals surface area contributed by atoms with Crippen molar-refractivity contribution < 1.29 is 9.47 Å². The molecule has 0 aliphatic heterocycles. The maximum Gasteiger partial charge on any atom is 0.267 e. The first kappa shape index (κ1) is 24.7. The molecule has 0 N–H and O–H groups in total. The minimum absolute atomic E-state index is 0.121. The monoisotopic (exact) mass is 489 g/mol. The summed E-state index contributed by atoms with van der Waals surface area (Å²) >= 11 is 1.42. The van der Waals surface area contributed by atoms with E-state index in [1.54, 1.807) is 17.7 Å². The van der Waals surface area contributed by atoms with Gasteiger partial charge in [-0.25, -0.2) is 4.98 Å². The molecule has 0 atom stereocenters. The topological polar surface area (TPSA) is 56.1 Å². The van der Waals surface area contributed by atoms with Crippen LogP contribution < -0.4 is 15.2 Å². The summed E-state index contributed by atoms with van der Waals surface area (Å²) in [6.45, 7) is 9.63. The van der Waals surface area contributed by atoms with Crippen LogP contribution in [-0.2, 0) is 4.74 Å². The number of ether oxygens (including phenoxy) is 2. The van der Waals surface area contributed by atoms with Gasteiger partial charge in [0.2, 0.25) is 0 Å². The van der Waals surface area contributed by atoms with Crippen LogP contribution in [0.3, 0.4) is 0 Å². The predicted molar refractivity (Wildman–Crippen MR) is 145 cm³/mol. The van der Waals surface area contributed by atoms with Crippen LogP contribution in [0.1, 0.15) is 25.1 Å². The number of rotatable bonds is 9. The van der Waals surface area contributed by atoms with E-state index in [-0.39, 0.29) is 11.0 Å². The maximum atomic E-state index is 13.6. The molecule has 6 nitrogen and oxygen atoms in total. The third kappa shape index (κ3) is 5.16. The molecule has 0 amide bonds. The predicted octanol–water partition coefficient (Wildman–Crippen LogP) is 5.60. The van der Waals surface area contributed by atoms with Gasteiger partial charge >= 0.3 is 0 Å². The first-order valence-corrected chi connectivity index (χ1v) is 12.3. The number of thiazole rings is 1. The molecule has 7 heteroatoms. The van der Waals surface area contributed by atoms with Crippen molar-refractivity contribution in [2.24, 2.45) is 5.41 Å². The van der Waals surface area contributed by atoms with Crippen LogP contribution in [-0.4, -0.2) is 43.8 Å². The zero-order chi connectivity index (χ0) is 25.2. The van der Waals surface area contributed by atoms with Gasteiger partial charge in [0.15, 0.2) is 4.96 Å². The Hall–Kier alpha value is -3.42. The van der Waals surface area contributed by atoms with E-state index in [4.69, 9.17) is 14.5 Å². The van der Waals surface area contributed by atoms with Crippen LogP contribution in [0.15, 0.2) is 71.5 Å². The third-order valence-electron chi connectivity index (χ3n) is 5.79. The summed E-state index contributed by atoms with van der Waals surface area (Å²) in [4.78, 5) is 21.1. The molecule has 182 valence electrons. The second-order valence-corrected chi connectivity index (χ2v) is 10.4. The van der Waals surface area contributed by atoms with Crippen LogP contribution in [0.4, 0.5) is 5.69 Å². The Bertz CT molecular complexity index is 1400. The van der Waals surface area contributed by atoms with E-state index in [0.29, 0.717) is 40.8 Å². The van der Waals surface area contributed by atoms with Gasteiger partial charge in [0.05, 0.1) is 24.5 Å². The molecular weight excluding hydrogens is 458 g/mol. The standard InChI is InChI=1S/C28H31N3O3S/c1-19(22-9-7-8-10-23(22)34-18-28(2,3)17-33-6)25-24(20-11-13-21(14-12-20)30(4)5)26(32)31-15-16-35-27(31)29-25/h7-16H,1,17-18H2,2-6H3. The summed E-state index contributed by atoms with van der Waals surface area (Å²) in [5.41, 5.74) is 4.10. The molecule has 0 saturated heterocycles. The fraction of sp³-hybridized carbons (Fsp3) is 0.286. The van der Waals surface area contributed by atoms with Gasteiger partial charge in [-0.05, 0) is 23.8 Å². The summed E-state index contributed by atoms with van der Waals surface area (Å²) in [6, 6.07) is 15.7. The van der Waals surface area contributed by atoms with Crippen molar-refractivity contribution in [3.05, 3.63) is 88.3 Å². The highest BCUT2D eigenvalue weighted by Gasteiger charge is 2.23. The lowest BCUT2D eigenvalue weighted by Gasteiger charge is -2.24. The molecule has 0 saturated carbocycles. The van der Waals surface area contributed by atoms with E-state index in [9.17, 15) is 4.79 Å². The number of aromatic nitrogens is 2. The molecule has 2 aromatic heterocycles. The number of anilines is 1. The number of hydrogen-bond acceptors (Lipinski definition) is 6. The fourth-order valence-corrected chi connectivity index (χ4v) is 4.67. The largest absolute Gasteiger partial charge is 0.492 e. The minimum atomic E-state index is -0.157. The minimum Gasteiger partial charge on any atom is -0.492 e. The van der Waals surface area contributed by atoms with Crippen molar-refractivity contribution in [1.82, 2.24) is 9.38 Å². The maximum absolute atomic E-state index is 13.6. The number of para-hydroxylation sites is 1. The van der Waals surface area contributed by atoms with Crippen LogP contribution in [0.5, 0.6) is 5.75 Å². The average molecular weight is 490 g/mol. The zero-order valence-corrected chi connectivity index (χ0v) is 21.7. The van der Waals surface area contributed by atoms with Gasteiger partial charge < -0.3 is 14.4 Å². The fourth-order valence-electron chi connectivity index (χ4n) is 3.96. The van der Waals surface area contributed by atoms with Gasteiger partial charge in [-0.3, -0.25) is 9.20 Å². The molecule has 0 aliphatic carbocycles. The highest BCUT2D eigenvalue weighted by molar-refractivity contribution is 7.15. The number of methoxy groups -OCH3 is 1. The Balaban J connectivity index is 1.81. The smallest absolute Gasteiger partial charge is 0.267 e. The Kier molecular flexibility index (Phi) is 7.10. The van der Waals surface area contributed by atoms with E-state index in [1.165, 1.54) is 11.3 Å². The molecule has 0 unspecified atom stereocenters. The van der Waals surface area contributed by atoms with E-state index >= 15 is 0 Å². The van der Waals surface area contributed by atoms with Crippen LogP contribution in [0.25, 0.3) is 21.7 Å². The van der Waals surface area contributed by atoms with Crippen LogP contribution in [0.2, 0.25) is 0 Å². The average Bonchev–Trinajstić information content (AvgIpc) is 3.32. The van der Waals surface area contributed by atoms with Gasteiger partial charge in [-0.15, -0.1) is 11.3 Å². The number of fused-ring (bicyclic) bond motifs is 1. The molecule has 35 heavy (non-hydrogen) atoms. The van der Waals surface area contributed by atoms with Crippen molar-refractivity contribution in [3.8, 4) is 16.9 Å². The Morgan fingerprint density at radius 1 is 1.11 bits per heavy atom. The lowest BCUT2D eigenvalue weighted by Crippen LogP contribution is -2.26. The molecular formula is C28H31N3O3S. The number of benzene rings is 2. The van der Waals surface area contributed by atoms with Crippen molar-refractivity contribution in [2.45, 2.75) is 13.8 Å². The molecule has 4 aromatic rings. The molecule has 0 bridgehead atoms. The van der Waals surface area contributed by atoms with Crippen LogP contribution >= 0.6 is 11.3 Å². The first-order chi connectivity index (χ1) is 16.7. The Labute approximate surface area is 210 Å². The second-order valence-electron chi connectivity index (χ2n) is 9.50. The van der Waals surface area contributed by atoms with E-state index in [0.717, 1.165) is 16.8 Å². The summed E-state index contributed by atoms with van der Waals surface area (Å²) in [5, 5.41) is 1.87. The summed E-state index contributed by atoms with van der Waals surface area (Å²) < 4.78 is 13.2. The van der Waals surface area contributed by atoms with E-state index < -0.39 is 0 Å². The molecule has 2 aromatic carbocycles. The summed E-state index contributed by atoms with van der Waals surface area (Å²) in [5.74, 6) is 0.698. The van der Waals surface area contributed by atoms with Gasteiger partial charge in [-0.2, -0.15) is 0 Å². The van der Waals surface area contributed by atoms with E-state index in [1.807, 2.05) is 72.9 Å². The summed E-state index contributed by atoms with van der Waals surface area (Å²) in [7, 11) is 5.66. The van der Waals surface area contributed by atoms with Crippen molar-refractivity contribution in [3.63, 3.8) is 0 Å². The van der Waals surface area contributed by atoms with Gasteiger partial charge in [-0.1, -0.05) is 50.8 Å². The third-order valence-corrected chi connectivity index (χ3v) is 6.55. The summed E-state index contributed by atoms with van der Waals surface area (Å²) in [6.07, 6.45) is 1.76. The van der Waals surface area contributed by atoms with Gasteiger partial charge in [0.25, 0.3) is 5.56 Å². The quantitative estimate of drug-likeness (QED) is 0.306. The molecule has 4 rings (SSSR count). The second kappa shape index (κ2) is 10.1. The lowest BCUT2D eigenvalue weighted by molar-refractivity contribution is 0.0643. The van der Waals surface area contributed by atoms with Crippen LogP contribution in [0, 0.1) is 5.41 Å². The highest BCUT2D eigenvalue weighted by Crippen LogP contribution is 2.35. The molecule has 0 radical (unpaired) electrons. The normalized spacial score (nSPS) is 11.6. The van der Waals surface area contributed by atoms with Crippen molar-refractivity contribution >= 4 is 27.6 Å².